The number of likely N-dealkylation sites (N-methyl/N-ethyl adjacent to an activating group) is 1. The second kappa shape index (κ2) is 8.45. The molecule has 154 valence electrons. The number of piperazine rings is 1. The average Bonchev–Trinajstić information content (AvgIpc) is 2.94. The van der Waals surface area contributed by atoms with E-state index in [2.05, 4.69) is 24.8 Å². The van der Waals surface area contributed by atoms with Crippen molar-refractivity contribution < 1.29 is 14.3 Å². The lowest BCUT2D eigenvalue weighted by Crippen LogP contribution is -2.49. The summed E-state index contributed by atoms with van der Waals surface area (Å²) in [7, 11) is 0. The van der Waals surface area contributed by atoms with E-state index in [0.29, 0.717) is 30.6 Å². The fraction of sp³-hybridized carbons (Fsp3) is 0.650. The SMILES string of the molecule is CCOC(=O)N1CCN(C2=C/C(=C3\SC(=S)N(CC)C3=O)CC(C)(C)C2)CC1. The van der Waals surface area contributed by atoms with Crippen LogP contribution < -0.4 is 0 Å². The molecule has 0 aromatic rings. The fourth-order valence-electron chi connectivity index (χ4n) is 3.98. The van der Waals surface area contributed by atoms with E-state index in [4.69, 9.17) is 17.0 Å². The van der Waals surface area contributed by atoms with Crippen LogP contribution in [-0.4, -0.2) is 70.4 Å². The fourth-order valence-corrected chi connectivity index (χ4v) is 5.40. The minimum Gasteiger partial charge on any atom is -0.450 e. The van der Waals surface area contributed by atoms with Gasteiger partial charge in [-0.2, -0.15) is 0 Å². The van der Waals surface area contributed by atoms with Gasteiger partial charge in [-0.15, -0.1) is 0 Å². The summed E-state index contributed by atoms with van der Waals surface area (Å²) in [5, 5.41) is 0. The summed E-state index contributed by atoms with van der Waals surface area (Å²) in [4.78, 5) is 31.3. The number of hydrogen-bond acceptors (Lipinski definition) is 6. The topological polar surface area (TPSA) is 53.1 Å². The molecule has 0 aromatic carbocycles. The molecule has 3 rings (SSSR count). The lowest BCUT2D eigenvalue weighted by molar-refractivity contribution is -0.122. The third-order valence-corrected chi connectivity index (χ3v) is 6.84. The standard InChI is InChI=1S/C20H29N3O3S2/c1-5-23-17(24)16(28-19(23)27)14-11-15(13-20(3,4)12-14)21-7-9-22(10-8-21)18(25)26-6-2/h11H,5-10,12-13H2,1-4H3/b16-14+. The highest BCUT2D eigenvalue weighted by molar-refractivity contribution is 8.26. The number of carbonyl (C=O) groups is 2. The van der Waals surface area contributed by atoms with E-state index in [0.717, 1.165) is 36.4 Å². The van der Waals surface area contributed by atoms with Crippen LogP contribution in [0.15, 0.2) is 22.3 Å². The van der Waals surface area contributed by atoms with Crippen LogP contribution in [0.1, 0.15) is 40.5 Å². The van der Waals surface area contributed by atoms with Gasteiger partial charge in [0.15, 0.2) is 0 Å². The number of thiocarbonyl (C=S) groups is 1. The summed E-state index contributed by atoms with van der Waals surface area (Å²) in [5.74, 6) is 0.0351. The van der Waals surface area contributed by atoms with Crippen molar-refractivity contribution in [2.45, 2.75) is 40.5 Å². The maximum Gasteiger partial charge on any atom is 0.409 e. The first-order chi connectivity index (χ1) is 13.3. The highest BCUT2D eigenvalue weighted by Crippen LogP contribution is 2.44. The van der Waals surface area contributed by atoms with Crippen molar-refractivity contribution in [2.75, 3.05) is 39.3 Å². The van der Waals surface area contributed by atoms with E-state index in [1.54, 1.807) is 9.80 Å². The molecule has 0 bridgehead atoms. The summed E-state index contributed by atoms with van der Waals surface area (Å²) >= 11 is 6.81. The predicted octanol–water partition coefficient (Wildman–Crippen LogP) is 3.60. The van der Waals surface area contributed by atoms with E-state index in [9.17, 15) is 9.59 Å². The first-order valence-electron chi connectivity index (χ1n) is 9.89. The number of thioether (sulfide) groups is 1. The van der Waals surface area contributed by atoms with Crippen molar-refractivity contribution in [1.82, 2.24) is 14.7 Å². The molecule has 2 amide bonds. The first-order valence-corrected chi connectivity index (χ1v) is 11.1. The van der Waals surface area contributed by atoms with Crippen LogP contribution in [0.3, 0.4) is 0 Å². The van der Waals surface area contributed by atoms with Gasteiger partial charge in [0.05, 0.1) is 11.5 Å². The van der Waals surface area contributed by atoms with Crippen LogP contribution in [0.2, 0.25) is 0 Å². The van der Waals surface area contributed by atoms with Crippen LogP contribution in [-0.2, 0) is 9.53 Å². The van der Waals surface area contributed by atoms with Gasteiger partial charge in [-0.05, 0) is 43.8 Å². The Morgan fingerprint density at radius 1 is 1.21 bits per heavy atom. The molecule has 0 aromatic heterocycles. The van der Waals surface area contributed by atoms with Crippen molar-refractivity contribution in [3.8, 4) is 0 Å². The van der Waals surface area contributed by atoms with Gasteiger partial charge in [0.1, 0.15) is 4.32 Å². The molecule has 0 N–H and O–H groups in total. The zero-order valence-electron chi connectivity index (χ0n) is 17.1. The van der Waals surface area contributed by atoms with Gasteiger partial charge < -0.3 is 14.5 Å². The van der Waals surface area contributed by atoms with Crippen LogP contribution in [0, 0.1) is 5.41 Å². The Morgan fingerprint density at radius 2 is 1.89 bits per heavy atom. The normalized spacial score (nSPS) is 25.3. The van der Waals surface area contributed by atoms with Crippen LogP contribution in [0.4, 0.5) is 4.79 Å². The summed E-state index contributed by atoms with van der Waals surface area (Å²) < 4.78 is 5.76. The molecule has 0 radical (unpaired) electrons. The zero-order chi connectivity index (χ0) is 20.5. The van der Waals surface area contributed by atoms with E-state index >= 15 is 0 Å². The molecule has 0 spiro atoms. The highest BCUT2D eigenvalue weighted by atomic mass is 32.2. The van der Waals surface area contributed by atoms with Crippen molar-refractivity contribution in [1.29, 1.82) is 0 Å². The number of amides is 2. The van der Waals surface area contributed by atoms with Crippen LogP contribution in [0.5, 0.6) is 0 Å². The largest absolute Gasteiger partial charge is 0.450 e. The van der Waals surface area contributed by atoms with E-state index in [1.807, 2.05) is 13.8 Å². The van der Waals surface area contributed by atoms with Gasteiger partial charge in [0.25, 0.3) is 5.91 Å². The van der Waals surface area contributed by atoms with E-state index < -0.39 is 0 Å². The summed E-state index contributed by atoms with van der Waals surface area (Å²) in [6.07, 6.45) is 3.79. The molecule has 0 unspecified atom stereocenters. The lowest BCUT2D eigenvalue weighted by Gasteiger charge is -2.41. The van der Waals surface area contributed by atoms with E-state index in [1.165, 1.54) is 17.5 Å². The molecule has 2 heterocycles. The van der Waals surface area contributed by atoms with Gasteiger partial charge in [-0.25, -0.2) is 4.79 Å². The van der Waals surface area contributed by atoms with Crippen LogP contribution >= 0.6 is 24.0 Å². The predicted molar refractivity (Wildman–Crippen MR) is 116 cm³/mol. The second-order valence-corrected chi connectivity index (χ2v) is 9.74. The summed E-state index contributed by atoms with van der Waals surface area (Å²) in [6.45, 7) is 12.2. The Balaban J connectivity index is 1.80. The summed E-state index contributed by atoms with van der Waals surface area (Å²) in [5.41, 5.74) is 2.41. The molecule has 0 saturated carbocycles. The monoisotopic (exact) mass is 423 g/mol. The molecule has 3 aliphatic rings. The van der Waals surface area contributed by atoms with Gasteiger partial charge in [-0.1, -0.05) is 37.8 Å². The molecule has 28 heavy (non-hydrogen) atoms. The van der Waals surface area contributed by atoms with E-state index in [-0.39, 0.29) is 17.4 Å². The minimum absolute atomic E-state index is 0.0351. The molecular formula is C20H29N3O3S2. The third kappa shape index (κ3) is 4.38. The van der Waals surface area contributed by atoms with Gasteiger partial charge in [0.2, 0.25) is 0 Å². The number of carbonyl (C=O) groups excluding carboxylic acids is 2. The second-order valence-electron chi connectivity index (χ2n) is 8.10. The maximum atomic E-state index is 12.8. The quantitative estimate of drug-likeness (QED) is 0.511. The van der Waals surface area contributed by atoms with Crippen molar-refractivity contribution in [2.24, 2.45) is 5.41 Å². The van der Waals surface area contributed by atoms with Crippen molar-refractivity contribution in [3.63, 3.8) is 0 Å². The molecule has 6 nitrogen and oxygen atoms in total. The Morgan fingerprint density at radius 3 is 2.46 bits per heavy atom. The molecule has 2 fully saturated rings. The molecule has 8 heteroatoms. The maximum absolute atomic E-state index is 12.8. The van der Waals surface area contributed by atoms with Gasteiger partial charge in [-0.3, -0.25) is 9.69 Å². The van der Waals surface area contributed by atoms with Crippen LogP contribution in [0.25, 0.3) is 0 Å². The highest BCUT2D eigenvalue weighted by Gasteiger charge is 2.37. The smallest absolute Gasteiger partial charge is 0.409 e. The van der Waals surface area contributed by atoms with Gasteiger partial charge >= 0.3 is 6.09 Å². The number of hydrogen-bond donors (Lipinski definition) is 0. The lowest BCUT2D eigenvalue weighted by atomic mass is 9.76. The molecule has 2 saturated heterocycles. The number of allylic oxidation sites excluding steroid dienone is 3. The zero-order valence-corrected chi connectivity index (χ0v) is 18.8. The van der Waals surface area contributed by atoms with Crippen molar-refractivity contribution >= 4 is 40.3 Å². The molecular weight excluding hydrogens is 394 g/mol. The molecule has 1 aliphatic carbocycles. The molecule has 0 atom stereocenters. The Kier molecular flexibility index (Phi) is 6.39. The molecule has 2 aliphatic heterocycles. The Labute approximate surface area is 176 Å². The minimum atomic E-state index is -0.232. The number of rotatable bonds is 3. The first kappa shape index (κ1) is 21.2. The average molecular weight is 424 g/mol. The summed E-state index contributed by atoms with van der Waals surface area (Å²) in [6, 6.07) is 0. The van der Waals surface area contributed by atoms with Crippen molar-refractivity contribution in [3.05, 3.63) is 22.3 Å². The number of nitrogens with zero attached hydrogens (tertiary/aromatic N) is 3. The number of ether oxygens (including phenoxy) is 1. The van der Waals surface area contributed by atoms with Gasteiger partial charge in [0, 0.05) is 38.4 Å². The Bertz CT molecular complexity index is 737. The third-order valence-electron chi connectivity index (χ3n) is 5.34. The Hall–Kier alpha value is -1.54.